The van der Waals surface area contributed by atoms with E-state index >= 15 is 0 Å². The summed E-state index contributed by atoms with van der Waals surface area (Å²) in [6.07, 6.45) is 11.0. The lowest BCUT2D eigenvalue weighted by Crippen LogP contribution is -2.28. The van der Waals surface area contributed by atoms with E-state index in [4.69, 9.17) is 10.1 Å². The van der Waals surface area contributed by atoms with Crippen LogP contribution in [0.5, 0.6) is 0 Å². The van der Waals surface area contributed by atoms with Crippen molar-refractivity contribution in [3.8, 4) is 33.8 Å². The van der Waals surface area contributed by atoms with Crippen LogP contribution >= 0.6 is 0 Å². The number of pyridine rings is 2. The molecule has 1 aliphatic heterocycles. The van der Waals surface area contributed by atoms with Gasteiger partial charge in [0.2, 0.25) is 0 Å². The average molecular weight is 588 g/mol. The number of hydrogen-bond acceptors (Lipinski definition) is 5. The fourth-order valence-corrected chi connectivity index (χ4v) is 6.52. The van der Waals surface area contributed by atoms with Crippen molar-refractivity contribution in [2.45, 2.75) is 32.1 Å². The standard InChI is InChI=1S/C36H38FN7/c1-44(2)13-3-4-24-15-27(18-29(37)17-24)35-31-20-34(41-32(31)9-12-40-35)36-30-19-26(5-6-33(30)42-43-36)28-16-25(21-39-22-28)14-23-7-10-38-11-8-23/h5-6,9,12,15-23,38,41H,3-4,7-8,10-11,13-14H2,1-2H3,(H,42,43). The van der Waals surface area contributed by atoms with Gasteiger partial charge in [0.25, 0.3) is 0 Å². The molecule has 0 amide bonds. The van der Waals surface area contributed by atoms with Crippen molar-refractivity contribution >= 4 is 21.8 Å². The molecule has 3 N–H and O–H groups in total. The lowest BCUT2D eigenvalue weighted by molar-refractivity contribution is 0.372. The van der Waals surface area contributed by atoms with Gasteiger partial charge in [-0.05, 0) is 137 Å². The van der Waals surface area contributed by atoms with Crippen molar-refractivity contribution in [2.24, 2.45) is 5.92 Å². The molecule has 224 valence electrons. The van der Waals surface area contributed by atoms with Crippen LogP contribution in [0.1, 0.15) is 30.4 Å². The van der Waals surface area contributed by atoms with E-state index in [0.29, 0.717) is 5.92 Å². The fourth-order valence-electron chi connectivity index (χ4n) is 6.52. The highest BCUT2D eigenvalue weighted by Crippen LogP contribution is 2.35. The minimum Gasteiger partial charge on any atom is -0.353 e. The summed E-state index contributed by atoms with van der Waals surface area (Å²) in [5.74, 6) is 0.469. The fraction of sp³-hybridized carbons (Fsp3) is 0.306. The normalized spacial score (nSPS) is 14.3. The van der Waals surface area contributed by atoms with Gasteiger partial charge in [0.15, 0.2) is 0 Å². The molecule has 7 rings (SSSR count). The number of nitrogens with one attached hydrogen (secondary N) is 3. The number of fused-ring (bicyclic) bond motifs is 2. The summed E-state index contributed by atoms with van der Waals surface area (Å²) in [5.41, 5.74) is 9.66. The van der Waals surface area contributed by atoms with Crippen LogP contribution in [-0.4, -0.2) is 63.8 Å². The van der Waals surface area contributed by atoms with Gasteiger partial charge in [-0.3, -0.25) is 15.1 Å². The smallest absolute Gasteiger partial charge is 0.124 e. The number of piperidine rings is 1. The molecule has 4 aromatic heterocycles. The van der Waals surface area contributed by atoms with Crippen LogP contribution in [0.25, 0.3) is 55.6 Å². The van der Waals surface area contributed by atoms with Gasteiger partial charge in [0, 0.05) is 46.0 Å². The second-order valence-electron chi connectivity index (χ2n) is 12.4. The Morgan fingerprint density at radius 1 is 0.841 bits per heavy atom. The zero-order valence-electron chi connectivity index (χ0n) is 25.3. The second kappa shape index (κ2) is 12.3. The van der Waals surface area contributed by atoms with Crippen molar-refractivity contribution in [2.75, 3.05) is 33.7 Å². The molecule has 0 unspecified atom stereocenters. The first kappa shape index (κ1) is 28.4. The molecule has 0 bridgehead atoms. The summed E-state index contributed by atoms with van der Waals surface area (Å²) in [6, 6.07) is 18.0. The monoisotopic (exact) mass is 587 g/mol. The van der Waals surface area contributed by atoms with Crippen LogP contribution in [0.2, 0.25) is 0 Å². The zero-order valence-corrected chi connectivity index (χ0v) is 25.3. The molecule has 0 atom stereocenters. The van der Waals surface area contributed by atoms with E-state index in [-0.39, 0.29) is 5.82 Å². The number of aromatic nitrogens is 5. The molecule has 0 radical (unpaired) electrons. The maximum Gasteiger partial charge on any atom is 0.124 e. The van der Waals surface area contributed by atoms with Gasteiger partial charge < -0.3 is 15.2 Å². The summed E-state index contributed by atoms with van der Waals surface area (Å²) in [4.78, 5) is 15.0. The predicted octanol–water partition coefficient (Wildman–Crippen LogP) is 7.01. The highest BCUT2D eigenvalue weighted by Gasteiger charge is 2.17. The third-order valence-corrected chi connectivity index (χ3v) is 8.78. The molecule has 0 aliphatic carbocycles. The summed E-state index contributed by atoms with van der Waals surface area (Å²) in [5, 5.41) is 13.3. The number of rotatable bonds is 9. The Morgan fingerprint density at radius 2 is 1.68 bits per heavy atom. The molecule has 7 nitrogen and oxygen atoms in total. The molecule has 1 fully saturated rings. The molecular formula is C36H38FN7. The van der Waals surface area contributed by atoms with Gasteiger partial charge in [-0.1, -0.05) is 6.07 Å². The van der Waals surface area contributed by atoms with E-state index in [9.17, 15) is 4.39 Å². The van der Waals surface area contributed by atoms with E-state index in [0.717, 1.165) is 100 Å². The molecule has 2 aromatic carbocycles. The highest BCUT2D eigenvalue weighted by molar-refractivity contribution is 6.00. The largest absolute Gasteiger partial charge is 0.353 e. The Morgan fingerprint density at radius 3 is 2.55 bits per heavy atom. The maximum absolute atomic E-state index is 14.8. The van der Waals surface area contributed by atoms with Crippen LogP contribution in [0, 0.1) is 11.7 Å². The Kier molecular flexibility index (Phi) is 7.93. The second-order valence-corrected chi connectivity index (χ2v) is 12.4. The van der Waals surface area contributed by atoms with Crippen molar-refractivity contribution in [1.29, 1.82) is 0 Å². The van der Waals surface area contributed by atoms with E-state index < -0.39 is 0 Å². The molecule has 0 spiro atoms. The molecule has 8 heteroatoms. The maximum atomic E-state index is 14.8. The summed E-state index contributed by atoms with van der Waals surface area (Å²) < 4.78 is 14.8. The van der Waals surface area contributed by atoms with Gasteiger partial charge in [-0.2, -0.15) is 5.10 Å². The molecular weight excluding hydrogens is 549 g/mol. The minimum atomic E-state index is -0.239. The quantitative estimate of drug-likeness (QED) is 0.169. The van der Waals surface area contributed by atoms with E-state index in [1.165, 1.54) is 18.4 Å². The molecule has 5 heterocycles. The van der Waals surface area contributed by atoms with E-state index in [1.807, 2.05) is 18.5 Å². The molecule has 1 aliphatic rings. The third kappa shape index (κ3) is 6.00. The van der Waals surface area contributed by atoms with Gasteiger partial charge in [0.05, 0.1) is 16.9 Å². The number of hydrogen-bond donors (Lipinski definition) is 3. The van der Waals surface area contributed by atoms with Crippen molar-refractivity contribution in [3.63, 3.8) is 0 Å². The van der Waals surface area contributed by atoms with E-state index in [1.54, 1.807) is 18.3 Å². The summed E-state index contributed by atoms with van der Waals surface area (Å²) >= 11 is 0. The Balaban J connectivity index is 1.21. The molecule has 6 aromatic rings. The number of nitrogens with zero attached hydrogens (tertiary/aromatic N) is 4. The highest BCUT2D eigenvalue weighted by atomic mass is 19.1. The number of H-pyrrole nitrogens is 2. The Hall–Kier alpha value is -4.40. The van der Waals surface area contributed by atoms with Crippen LogP contribution in [0.4, 0.5) is 4.39 Å². The van der Waals surface area contributed by atoms with Gasteiger partial charge in [-0.25, -0.2) is 4.39 Å². The number of halogens is 1. The van der Waals surface area contributed by atoms with Gasteiger partial charge >= 0.3 is 0 Å². The first-order valence-corrected chi connectivity index (χ1v) is 15.6. The lowest BCUT2D eigenvalue weighted by atomic mass is 9.91. The van der Waals surface area contributed by atoms with Gasteiger partial charge in [0.1, 0.15) is 11.5 Å². The number of aromatic amines is 2. The van der Waals surface area contributed by atoms with Crippen LogP contribution in [0.3, 0.4) is 0 Å². The van der Waals surface area contributed by atoms with Crippen LogP contribution in [0.15, 0.2) is 73.2 Å². The zero-order chi connectivity index (χ0) is 30.0. The summed E-state index contributed by atoms with van der Waals surface area (Å²) in [6.45, 7) is 3.16. The van der Waals surface area contributed by atoms with E-state index in [2.05, 4.69) is 75.8 Å². The SMILES string of the molecule is CN(C)CCCc1cc(F)cc(-c2nccc3[nH]c(-c4n[nH]c5ccc(-c6cncc(CC7CCNCC7)c6)cc45)cc23)c1. The van der Waals surface area contributed by atoms with Crippen molar-refractivity contribution < 1.29 is 4.39 Å². The number of benzene rings is 2. The first-order valence-electron chi connectivity index (χ1n) is 15.6. The van der Waals surface area contributed by atoms with Crippen LogP contribution < -0.4 is 5.32 Å². The molecule has 44 heavy (non-hydrogen) atoms. The van der Waals surface area contributed by atoms with Gasteiger partial charge in [-0.15, -0.1) is 0 Å². The lowest BCUT2D eigenvalue weighted by Gasteiger charge is -2.22. The predicted molar refractivity (Wildman–Crippen MR) is 176 cm³/mol. The minimum absolute atomic E-state index is 0.239. The van der Waals surface area contributed by atoms with Crippen molar-refractivity contribution in [1.82, 2.24) is 35.4 Å². The van der Waals surface area contributed by atoms with Crippen LogP contribution in [-0.2, 0) is 12.8 Å². The summed E-state index contributed by atoms with van der Waals surface area (Å²) in [7, 11) is 4.11. The number of aryl methyl sites for hydroxylation is 1. The first-order chi connectivity index (χ1) is 21.5. The molecule has 0 saturated carbocycles. The topological polar surface area (TPSA) is 85.5 Å². The Bertz CT molecular complexity index is 1920. The average Bonchev–Trinajstić information content (AvgIpc) is 3.65. The Labute approximate surface area is 256 Å². The third-order valence-electron chi connectivity index (χ3n) is 8.78. The molecule has 1 saturated heterocycles. The van der Waals surface area contributed by atoms with Crippen molar-refractivity contribution in [3.05, 3.63) is 90.1 Å².